The molecule has 2 rings (SSSR count). The molecule has 0 saturated heterocycles. The van der Waals surface area contributed by atoms with Gasteiger partial charge in [0, 0.05) is 26.1 Å². The van der Waals surface area contributed by atoms with Gasteiger partial charge in [-0.15, -0.1) is 0 Å². The maximum Gasteiger partial charge on any atom is 0.223 e. The van der Waals surface area contributed by atoms with Gasteiger partial charge in [0.25, 0.3) is 0 Å². The van der Waals surface area contributed by atoms with Crippen molar-refractivity contribution >= 4 is 5.91 Å². The number of aliphatic hydroxyl groups excluding tert-OH is 1. The molecule has 8 nitrogen and oxygen atoms in total. The van der Waals surface area contributed by atoms with Crippen LogP contribution in [0.2, 0.25) is 0 Å². The van der Waals surface area contributed by atoms with E-state index in [9.17, 15) is 9.90 Å². The lowest BCUT2D eigenvalue weighted by atomic mass is 9.82. The highest BCUT2D eigenvalue weighted by atomic mass is 16.5. The van der Waals surface area contributed by atoms with Gasteiger partial charge in [-0.1, -0.05) is 39.8 Å². The van der Waals surface area contributed by atoms with Gasteiger partial charge in [0.2, 0.25) is 5.91 Å². The molecule has 2 aromatic rings. The fourth-order valence-electron chi connectivity index (χ4n) is 5.23. The molecule has 3 atom stereocenters. The highest BCUT2D eigenvalue weighted by molar-refractivity contribution is 5.79. The summed E-state index contributed by atoms with van der Waals surface area (Å²) in [4.78, 5) is 13.2. The van der Waals surface area contributed by atoms with Crippen LogP contribution in [0, 0.1) is 23.7 Å². The number of aliphatic hydroxyl groups is 1. The fraction of sp³-hybridized carbons (Fsp3) is 0.618. The minimum Gasteiger partial charge on any atom is -0.496 e. The predicted octanol–water partition coefficient (Wildman–Crippen LogP) is 6.06. The van der Waals surface area contributed by atoms with Gasteiger partial charge in [-0.2, -0.15) is 0 Å². The van der Waals surface area contributed by atoms with E-state index >= 15 is 0 Å². The van der Waals surface area contributed by atoms with Crippen LogP contribution < -0.4 is 24.3 Å². The summed E-state index contributed by atoms with van der Waals surface area (Å²) >= 11 is 0. The number of carbonyl (C=O) groups excluding carboxylic acids is 1. The van der Waals surface area contributed by atoms with Gasteiger partial charge in [-0.05, 0) is 73.3 Å². The number of ether oxygens (including phenoxy) is 5. The molecule has 236 valence electrons. The van der Waals surface area contributed by atoms with Crippen LogP contribution in [0.25, 0.3) is 0 Å². The van der Waals surface area contributed by atoms with Crippen molar-refractivity contribution in [2.45, 2.75) is 72.4 Å². The van der Waals surface area contributed by atoms with Crippen LogP contribution in [-0.4, -0.2) is 58.8 Å². The number of amides is 1. The molecule has 0 saturated carbocycles. The maximum atomic E-state index is 13.2. The Balaban J connectivity index is 1.99. The van der Waals surface area contributed by atoms with Gasteiger partial charge < -0.3 is 34.1 Å². The van der Waals surface area contributed by atoms with E-state index in [4.69, 9.17) is 23.7 Å². The van der Waals surface area contributed by atoms with Crippen LogP contribution in [0.3, 0.4) is 0 Å². The lowest BCUT2D eigenvalue weighted by molar-refractivity contribution is -0.127. The fourth-order valence-corrected chi connectivity index (χ4v) is 5.23. The molecule has 0 heterocycles. The Kier molecular flexibility index (Phi) is 15.6. The van der Waals surface area contributed by atoms with Crippen LogP contribution in [0.5, 0.6) is 23.0 Å². The van der Waals surface area contributed by atoms with E-state index in [1.807, 2.05) is 38.1 Å². The topological polar surface area (TPSA) is 95.5 Å². The van der Waals surface area contributed by atoms with Crippen LogP contribution in [0.15, 0.2) is 36.4 Å². The van der Waals surface area contributed by atoms with E-state index in [2.05, 4.69) is 31.3 Å². The molecule has 2 unspecified atom stereocenters. The summed E-state index contributed by atoms with van der Waals surface area (Å²) < 4.78 is 27.5. The number of nitrogens with one attached hydrogen (secondary N) is 1. The van der Waals surface area contributed by atoms with E-state index < -0.39 is 6.10 Å². The molecule has 8 heteroatoms. The second-order valence-electron chi connectivity index (χ2n) is 11.6. The average molecular weight is 588 g/mol. The third-order valence-corrected chi connectivity index (χ3v) is 7.93. The van der Waals surface area contributed by atoms with E-state index in [0.29, 0.717) is 55.9 Å². The second kappa shape index (κ2) is 18.5. The van der Waals surface area contributed by atoms with Gasteiger partial charge in [0.05, 0.1) is 46.1 Å². The monoisotopic (exact) mass is 587 g/mol. The number of hydrogen-bond donors (Lipinski definition) is 2. The number of rotatable bonds is 20. The Morgan fingerprint density at radius 3 is 2.07 bits per heavy atom. The Morgan fingerprint density at radius 1 is 0.833 bits per heavy atom. The van der Waals surface area contributed by atoms with Crippen molar-refractivity contribution in [1.82, 2.24) is 5.32 Å². The Labute approximate surface area is 253 Å². The Bertz CT molecular complexity index is 1050. The van der Waals surface area contributed by atoms with Crippen molar-refractivity contribution in [3.05, 3.63) is 47.5 Å². The van der Waals surface area contributed by atoms with Crippen molar-refractivity contribution in [3.8, 4) is 23.0 Å². The third-order valence-electron chi connectivity index (χ3n) is 7.93. The minimum atomic E-state index is -0.569. The van der Waals surface area contributed by atoms with Gasteiger partial charge in [0.15, 0.2) is 11.5 Å². The van der Waals surface area contributed by atoms with Crippen LogP contribution in [0.1, 0.15) is 64.5 Å². The Hall–Kier alpha value is -2.97. The molecule has 1 amide bonds. The molecule has 0 fully saturated rings. The normalized spacial score (nSPS) is 13.5. The summed E-state index contributed by atoms with van der Waals surface area (Å²) in [5, 5.41) is 14.1. The van der Waals surface area contributed by atoms with Gasteiger partial charge >= 0.3 is 0 Å². The summed E-state index contributed by atoms with van der Waals surface area (Å²) in [6, 6.07) is 11.7. The first-order valence-electron chi connectivity index (χ1n) is 15.1. The van der Waals surface area contributed by atoms with Crippen molar-refractivity contribution in [2.75, 3.05) is 41.7 Å². The van der Waals surface area contributed by atoms with Gasteiger partial charge in [0.1, 0.15) is 11.5 Å². The quantitative estimate of drug-likeness (QED) is 0.182. The molecule has 0 aliphatic rings. The zero-order valence-electron chi connectivity index (χ0n) is 26.9. The van der Waals surface area contributed by atoms with Crippen LogP contribution >= 0.6 is 0 Å². The van der Waals surface area contributed by atoms with Crippen molar-refractivity contribution in [1.29, 1.82) is 0 Å². The third kappa shape index (κ3) is 11.0. The summed E-state index contributed by atoms with van der Waals surface area (Å²) in [6.07, 6.45) is 3.02. The summed E-state index contributed by atoms with van der Waals surface area (Å²) in [5.41, 5.74) is 1.97. The summed E-state index contributed by atoms with van der Waals surface area (Å²) in [5.74, 6) is 3.30. The van der Waals surface area contributed by atoms with Gasteiger partial charge in [-0.3, -0.25) is 4.79 Å². The summed E-state index contributed by atoms with van der Waals surface area (Å²) in [6.45, 7) is 9.99. The van der Waals surface area contributed by atoms with E-state index in [1.165, 1.54) is 5.56 Å². The first-order valence-corrected chi connectivity index (χ1v) is 15.1. The van der Waals surface area contributed by atoms with Crippen molar-refractivity contribution < 1.29 is 33.6 Å². The smallest absolute Gasteiger partial charge is 0.223 e. The van der Waals surface area contributed by atoms with Gasteiger partial charge in [-0.25, -0.2) is 0 Å². The van der Waals surface area contributed by atoms with Crippen LogP contribution in [0.4, 0.5) is 0 Å². The van der Waals surface area contributed by atoms with Crippen molar-refractivity contribution in [2.24, 2.45) is 23.7 Å². The first kappa shape index (κ1) is 35.2. The molecule has 0 aromatic heterocycles. The second-order valence-corrected chi connectivity index (χ2v) is 11.6. The van der Waals surface area contributed by atoms with E-state index in [1.54, 1.807) is 28.4 Å². The first-order chi connectivity index (χ1) is 20.1. The molecule has 2 aromatic carbocycles. The number of carbonyl (C=O) groups is 1. The van der Waals surface area contributed by atoms with Crippen molar-refractivity contribution in [3.63, 3.8) is 0 Å². The largest absolute Gasteiger partial charge is 0.496 e. The molecular weight excluding hydrogens is 534 g/mol. The molecule has 0 aliphatic carbocycles. The standard InChI is InChI=1S/C34H53NO7/c1-23(2)26(19-25-13-16-32(41-8)33(20-25)42-18-10-17-38-5)14-15-27(36)21-28(24(3)4)34(37)35-22-29-30(39-6)11-9-12-31(29)40-7/h9,11-13,16,20,23-24,26-28,36H,10,14-15,17-19,21-22H2,1-8H3,(H,35,37)/t26?,27-,28?/m1/s1. The molecule has 0 radical (unpaired) electrons. The summed E-state index contributed by atoms with van der Waals surface area (Å²) in [7, 11) is 6.53. The number of hydrogen-bond acceptors (Lipinski definition) is 7. The van der Waals surface area contributed by atoms with E-state index in [-0.39, 0.29) is 17.7 Å². The molecule has 0 spiro atoms. The van der Waals surface area contributed by atoms with Crippen LogP contribution in [-0.2, 0) is 22.5 Å². The lowest BCUT2D eigenvalue weighted by Gasteiger charge is -2.26. The molecule has 2 N–H and O–H groups in total. The average Bonchev–Trinajstić information content (AvgIpc) is 2.98. The highest BCUT2D eigenvalue weighted by Crippen LogP contribution is 2.32. The molecule has 0 aliphatic heterocycles. The SMILES string of the molecule is COCCCOc1cc(CC(CC[C@@H](O)CC(C(=O)NCc2c(OC)cccc2OC)C(C)C)C(C)C)ccc1OC. The zero-order valence-corrected chi connectivity index (χ0v) is 26.9. The molecular formula is C34H53NO7. The molecule has 42 heavy (non-hydrogen) atoms. The highest BCUT2D eigenvalue weighted by Gasteiger charge is 2.27. The van der Waals surface area contributed by atoms with E-state index in [0.717, 1.165) is 36.3 Å². The minimum absolute atomic E-state index is 0.0753. The lowest BCUT2D eigenvalue weighted by Crippen LogP contribution is -2.35. The molecule has 0 bridgehead atoms. The Morgan fingerprint density at radius 2 is 1.50 bits per heavy atom. The number of methoxy groups -OCH3 is 4. The maximum absolute atomic E-state index is 13.2. The zero-order chi connectivity index (χ0) is 31.1. The predicted molar refractivity (Wildman–Crippen MR) is 167 cm³/mol. The number of benzene rings is 2.